The molecule has 1 aliphatic rings. The summed E-state index contributed by atoms with van der Waals surface area (Å²) in [6.07, 6.45) is 0. The fourth-order valence-corrected chi connectivity index (χ4v) is 3.15. The monoisotopic (exact) mass is 258 g/mol. The normalized spacial score (nSPS) is 18.1. The largest absolute Gasteiger partial charge is 0.396 e. The third-order valence-electron chi connectivity index (χ3n) is 2.78. The van der Waals surface area contributed by atoms with E-state index in [1.165, 1.54) is 0 Å². The smallest absolute Gasteiger partial charge is 0.0575 e. The van der Waals surface area contributed by atoms with E-state index in [0.717, 1.165) is 22.1 Å². The van der Waals surface area contributed by atoms with E-state index in [2.05, 4.69) is 0 Å². The molecule has 0 bridgehead atoms. The van der Waals surface area contributed by atoms with Crippen molar-refractivity contribution in [2.75, 3.05) is 25.6 Å². The first-order valence-electron chi connectivity index (χ1n) is 5.26. The molecule has 1 fully saturated rings. The van der Waals surface area contributed by atoms with Crippen molar-refractivity contribution in [3.8, 4) is 0 Å². The zero-order chi connectivity index (χ0) is 11.4. The SMILES string of the molecule is OCC1(CSCc2ccccc2Cl)COC1. The van der Waals surface area contributed by atoms with E-state index in [9.17, 15) is 5.11 Å². The van der Waals surface area contributed by atoms with Gasteiger partial charge in [0, 0.05) is 21.9 Å². The van der Waals surface area contributed by atoms with Crippen LogP contribution in [0, 0.1) is 5.41 Å². The Morgan fingerprint density at radius 1 is 1.38 bits per heavy atom. The average molecular weight is 259 g/mol. The predicted octanol–water partition coefficient (Wildman–Crippen LogP) is 2.58. The standard InChI is InChI=1S/C12H15ClO2S/c13-11-4-2-1-3-10(11)5-16-9-12(6-14)7-15-8-12/h1-4,14H,5-9H2. The second kappa shape index (κ2) is 5.41. The van der Waals surface area contributed by atoms with Crippen LogP contribution in [0.15, 0.2) is 24.3 Å². The number of halogens is 1. The first-order chi connectivity index (χ1) is 7.76. The summed E-state index contributed by atoms with van der Waals surface area (Å²) in [6.45, 7) is 1.57. The van der Waals surface area contributed by atoms with E-state index in [1.807, 2.05) is 24.3 Å². The van der Waals surface area contributed by atoms with Gasteiger partial charge in [-0.25, -0.2) is 0 Å². The van der Waals surface area contributed by atoms with Gasteiger partial charge in [-0.15, -0.1) is 0 Å². The highest BCUT2D eigenvalue weighted by molar-refractivity contribution is 7.98. The summed E-state index contributed by atoms with van der Waals surface area (Å²) in [6, 6.07) is 7.88. The van der Waals surface area contributed by atoms with Gasteiger partial charge in [-0.2, -0.15) is 11.8 Å². The highest BCUT2D eigenvalue weighted by Crippen LogP contribution is 2.32. The molecule has 1 heterocycles. The van der Waals surface area contributed by atoms with Gasteiger partial charge in [-0.1, -0.05) is 29.8 Å². The fraction of sp³-hybridized carbons (Fsp3) is 0.500. The Kier molecular flexibility index (Phi) is 4.14. The molecule has 2 nitrogen and oxygen atoms in total. The van der Waals surface area contributed by atoms with E-state index in [-0.39, 0.29) is 12.0 Å². The van der Waals surface area contributed by atoms with Crippen molar-refractivity contribution >= 4 is 23.4 Å². The highest BCUT2D eigenvalue weighted by Gasteiger charge is 2.37. The molecule has 1 N–H and O–H groups in total. The number of aliphatic hydroxyl groups is 1. The Morgan fingerprint density at radius 3 is 2.69 bits per heavy atom. The molecular weight excluding hydrogens is 244 g/mol. The van der Waals surface area contributed by atoms with Gasteiger partial charge < -0.3 is 9.84 Å². The van der Waals surface area contributed by atoms with Gasteiger partial charge in [0.25, 0.3) is 0 Å². The lowest BCUT2D eigenvalue weighted by Crippen LogP contribution is -2.47. The third-order valence-corrected chi connectivity index (χ3v) is 4.48. The van der Waals surface area contributed by atoms with Crippen LogP contribution < -0.4 is 0 Å². The predicted molar refractivity (Wildman–Crippen MR) is 68.0 cm³/mol. The minimum Gasteiger partial charge on any atom is -0.396 e. The third kappa shape index (κ3) is 2.72. The molecule has 0 amide bonds. The van der Waals surface area contributed by atoms with Gasteiger partial charge in [0.1, 0.15) is 0 Å². The van der Waals surface area contributed by atoms with Crippen molar-refractivity contribution in [3.63, 3.8) is 0 Å². The summed E-state index contributed by atoms with van der Waals surface area (Å²) in [5, 5.41) is 10.1. The van der Waals surface area contributed by atoms with Gasteiger partial charge in [0.15, 0.2) is 0 Å². The van der Waals surface area contributed by atoms with E-state index in [1.54, 1.807) is 11.8 Å². The van der Waals surface area contributed by atoms with Crippen molar-refractivity contribution < 1.29 is 9.84 Å². The zero-order valence-corrected chi connectivity index (χ0v) is 10.6. The van der Waals surface area contributed by atoms with Crippen LogP contribution in [-0.4, -0.2) is 30.7 Å². The summed E-state index contributed by atoms with van der Waals surface area (Å²) in [5.74, 6) is 1.82. The second-order valence-corrected chi connectivity index (χ2v) is 5.63. The van der Waals surface area contributed by atoms with Crippen LogP contribution in [0.1, 0.15) is 5.56 Å². The van der Waals surface area contributed by atoms with Crippen molar-refractivity contribution in [1.82, 2.24) is 0 Å². The minimum atomic E-state index is -0.00801. The number of aliphatic hydroxyl groups excluding tert-OH is 1. The Morgan fingerprint density at radius 2 is 2.12 bits per heavy atom. The fourth-order valence-electron chi connectivity index (χ4n) is 1.60. The summed E-state index contributed by atoms with van der Waals surface area (Å²) in [5.41, 5.74) is 1.15. The summed E-state index contributed by atoms with van der Waals surface area (Å²) in [7, 11) is 0. The van der Waals surface area contributed by atoms with E-state index in [0.29, 0.717) is 13.2 Å². The zero-order valence-electron chi connectivity index (χ0n) is 8.99. The van der Waals surface area contributed by atoms with Crippen LogP contribution in [0.4, 0.5) is 0 Å². The van der Waals surface area contributed by atoms with Gasteiger partial charge >= 0.3 is 0 Å². The number of hydrogen-bond donors (Lipinski definition) is 1. The van der Waals surface area contributed by atoms with Gasteiger partial charge in [-0.3, -0.25) is 0 Å². The topological polar surface area (TPSA) is 29.5 Å². The molecule has 0 unspecified atom stereocenters. The number of rotatable bonds is 5. The van der Waals surface area contributed by atoms with Crippen molar-refractivity contribution in [1.29, 1.82) is 0 Å². The first-order valence-corrected chi connectivity index (χ1v) is 6.79. The number of benzene rings is 1. The molecule has 0 spiro atoms. The van der Waals surface area contributed by atoms with Crippen LogP contribution in [-0.2, 0) is 10.5 Å². The maximum atomic E-state index is 9.27. The molecule has 1 aromatic rings. The van der Waals surface area contributed by atoms with Gasteiger partial charge in [0.2, 0.25) is 0 Å². The number of ether oxygens (including phenoxy) is 1. The van der Waals surface area contributed by atoms with Crippen molar-refractivity contribution in [3.05, 3.63) is 34.9 Å². The molecule has 4 heteroatoms. The van der Waals surface area contributed by atoms with E-state index in [4.69, 9.17) is 16.3 Å². The molecule has 16 heavy (non-hydrogen) atoms. The molecule has 0 aliphatic carbocycles. The van der Waals surface area contributed by atoms with Crippen molar-refractivity contribution in [2.24, 2.45) is 5.41 Å². The molecule has 1 saturated heterocycles. The van der Waals surface area contributed by atoms with Crippen LogP contribution >= 0.6 is 23.4 Å². The minimum absolute atomic E-state index is 0.00801. The lowest BCUT2D eigenvalue weighted by Gasteiger charge is -2.39. The Bertz CT molecular complexity index is 347. The number of hydrogen-bond acceptors (Lipinski definition) is 3. The van der Waals surface area contributed by atoms with Crippen LogP contribution in [0.3, 0.4) is 0 Å². The first kappa shape index (κ1) is 12.2. The maximum Gasteiger partial charge on any atom is 0.0575 e. The molecule has 1 aromatic carbocycles. The van der Waals surface area contributed by atoms with Crippen LogP contribution in [0.2, 0.25) is 5.02 Å². The Labute approximate surface area is 105 Å². The molecule has 1 aliphatic heterocycles. The molecule has 0 atom stereocenters. The highest BCUT2D eigenvalue weighted by atomic mass is 35.5. The van der Waals surface area contributed by atoms with Crippen molar-refractivity contribution in [2.45, 2.75) is 5.75 Å². The van der Waals surface area contributed by atoms with E-state index >= 15 is 0 Å². The van der Waals surface area contributed by atoms with Crippen LogP contribution in [0.5, 0.6) is 0 Å². The quantitative estimate of drug-likeness (QED) is 0.880. The Balaban J connectivity index is 1.82. The molecule has 0 radical (unpaired) electrons. The summed E-state index contributed by atoms with van der Waals surface area (Å²) in [4.78, 5) is 0. The second-order valence-electron chi connectivity index (χ2n) is 4.24. The lowest BCUT2D eigenvalue weighted by molar-refractivity contribution is -0.121. The molecule has 0 saturated carbocycles. The van der Waals surface area contributed by atoms with Crippen LogP contribution in [0.25, 0.3) is 0 Å². The molecule has 0 aromatic heterocycles. The van der Waals surface area contributed by atoms with Gasteiger partial charge in [-0.05, 0) is 11.6 Å². The van der Waals surface area contributed by atoms with E-state index < -0.39 is 0 Å². The maximum absolute atomic E-state index is 9.27. The summed E-state index contributed by atoms with van der Waals surface area (Å²) < 4.78 is 5.16. The summed E-state index contributed by atoms with van der Waals surface area (Å²) >= 11 is 7.87. The molecule has 88 valence electrons. The lowest BCUT2D eigenvalue weighted by atomic mass is 9.90. The molecule has 2 rings (SSSR count). The average Bonchev–Trinajstić information content (AvgIpc) is 2.25. The van der Waals surface area contributed by atoms with Gasteiger partial charge in [0.05, 0.1) is 19.8 Å². The Hall–Kier alpha value is -0.220. The molecular formula is C12H15ClO2S. The number of thioether (sulfide) groups is 1.